The lowest BCUT2D eigenvalue weighted by molar-refractivity contribution is -0.139. The number of nitrogens with zero attached hydrogens (tertiary/aromatic N) is 2. The van der Waals surface area contributed by atoms with Gasteiger partial charge in [0.2, 0.25) is 15.9 Å². The molecule has 0 unspecified atom stereocenters. The van der Waals surface area contributed by atoms with Crippen LogP contribution in [-0.2, 0) is 14.8 Å². The molecule has 4 rings (SSSR count). The van der Waals surface area contributed by atoms with Crippen LogP contribution in [0.1, 0.15) is 25.7 Å². The number of ether oxygens (including phenoxy) is 2. The van der Waals surface area contributed by atoms with Gasteiger partial charge in [-0.05, 0) is 25.0 Å². The van der Waals surface area contributed by atoms with Gasteiger partial charge in [-0.2, -0.15) is 4.31 Å². The fraction of sp³-hybridized carbons (Fsp3) is 0.611. The van der Waals surface area contributed by atoms with Crippen molar-refractivity contribution in [3.05, 3.63) is 18.2 Å². The predicted molar refractivity (Wildman–Crippen MR) is 94.7 cm³/mol. The maximum absolute atomic E-state index is 13.0. The summed E-state index contributed by atoms with van der Waals surface area (Å²) in [5.74, 6) is 1.39. The predicted octanol–water partition coefficient (Wildman–Crippen LogP) is 1.48. The van der Waals surface area contributed by atoms with E-state index >= 15 is 0 Å². The molecular formula is C18H24N2O5S. The Hall–Kier alpha value is -1.80. The highest BCUT2D eigenvalue weighted by molar-refractivity contribution is 7.89. The van der Waals surface area contributed by atoms with Crippen molar-refractivity contribution in [2.75, 3.05) is 39.4 Å². The number of benzene rings is 1. The van der Waals surface area contributed by atoms with Gasteiger partial charge in [0.05, 0.1) is 18.1 Å². The maximum atomic E-state index is 13.0. The molecule has 3 aliphatic rings. The van der Waals surface area contributed by atoms with Gasteiger partial charge < -0.3 is 14.4 Å². The van der Waals surface area contributed by atoms with Crippen LogP contribution >= 0.6 is 0 Å². The second-order valence-corrected chi connectivity index (χ2v) is 8.95. The Balaban J connectivity index is 1.45. The molecule has 0 N–H and O–H groups in total. The average Bonchev–Trinajstić information content (AvgIpc) is 2.85. The number of sulfonamides is 1. The van der Waals surface area contributed by atoms with Crippen molar-refractivity contribution in [3.63, 3.8) is 0 Å². The number of amides is 1. The van der Waals surface area contributed by atoms with Crippen LogP contribution in [0.3, 0.4) is 0 Å². The van der Waals surface area contributed by atoms with E-state index in [4.69, 9.17) is 9.47 Å². The zero-order chi connectivity index (χ0) is 18.1. The van der Waals surface area contributed by atoms with E-state index in [1.807, 2.05) is 4.90 Å². The topological polar surface area (TPSA) is 76.2 Å². The first-order valence-corrected chi connectivity index (χ1v) is 10.7. The number of fused-ring (bicyclic) bond motifs is 1. The summed E-state index contributed by atoms with van der Waals surface area (Å²) in [4.78, 5) is 14.3. The fourth-order valence-electron chi connectivity index (χ4n) is 3.52. The standard InChI is InChI=1S/C18H24N2O5S/c21-18(14-3-1-4-14)19-7-9-20(10-8-19)26(22,23)15-5-6-16-17(13-15)25-12-2-11-24-16/h5-6,13-14H,1-4,7-12H2. The Morgan fingerprint density at radius 1 is 0.962 bits per heavy atom. The Bertz CT molecular complexity index is 783. The number of rotatable bonds is 3. The Morgan fingerprint density at radius 3 is 2.31 bits per heavy atom. The van der Waals surface area contributed by atoms with Gasteiger partial charge >= 0.3 is 0 Å². The van der Waals surface area contributed by atoms with Gasteiger partial charge in [-0.3, -0.25) is 4.79 Å². The Kier molecular flexibility index (Phi) is 4.79. The third-order valence-corrected chi connectivity index (χ3v) is 7.26. The second kappa shape index (κ2) is 7.08. The van der Waals surface area contributed by atoms with Crippen LogP contribution in [0.5, 0.6) is 11.5 Å². The minimum absolute atomic E-state index is 0.153. The first kappa shape index (κ1) is 17.6. The van der Waals surface area contributed by atoms with Gasteiger partial charge in [0.25, 0.3) is 0 Å². The third-order valence-electron chi connectivity index (χ3n) is 5.36. The summed E-state index contributed by atoms with van der Waals surface area (Å²) in [5, 5.41) is 0. The molecule has 0 aromatic heterocycles. The molecule has 2 fully saturated rings. The van der Waals surface area contributed by atoms with Crippen LogP contribution in [0.25, 0.3) is 0 Å². The minimum atomic E-state index is -3.61. The molecule has 1 amide bonds. The third kappa shape index (κ3) is 3.27. The van der Waals surface area contributed by atoms with Crippen molar-refractivity contribution in [2.24, 2.45) is 5.92 Å². The average molecular weight is 380 g/mol. The summed E-state index contributed by atoms with van der Waals surface area (Å²) in [6.45, 7) is 2.65. The summed E-state index contributed by atoms with van der Waals surface area (Å²) in [6, 6.07) is 4.76. The zero-order valence-electron chi connectivity index (χ0n) is 14.7. The highest BCUT2D eigenvalue weighted by Gasteiger charge is 2.34. The molecule has 1 aromatic rings. The van der Waals surface area contributed by atoms with Gasteiger partial charge in [0, 0.05) is 44.6 Å². The highest BCUT2D eigenvalue weighted by atomic mass is 32.2. The second-order valence-electron chi connectivity index (χ2n) is 7.02. The molecule has 0 spiro atoms. The zero-order valence-corrected chi connectivity index (χ0v) is 15.5. The van der Waals surface area contributed by atoms with Crippen molar-refractivity contribution in [1.29, 1.82) is 0 Å². The molecule has 0 atom stereocenters. The quantitative estimate of drug-likeness (QED) is 0.794. The van der Waals surface area contributed by atoms with Gasteiger partial charge in [0.1, 0.15) is 0 Å². The largest absolute Gasteiger partial charge is 0.490 e. The summed E-state index contributed by atoms with van der Waals surface area (Å²) in [6.07, 6.45) is 3.83. The number of carbonyl (C=O) groups excluding carboxylic acids is 1. The van der Waals surface area contributed by atoms with Gasteiger partial charge in [-0.15, -0.1) is 0 Å². The van der Waals surface area contributed by atoms with Gasteiger partial charge in [-0.1, -0.05) is 6.42 Å². The van der Waals surface area contributed by atoms with Gasteiger partial charge in [-0.25, -0.2) is 8.42 Å². The van der Waals surface area contributed by atoms with Crippen molar-refractivity contribution < 1.29 is 22.7 Å². The molecule has 26 heavy (non-hydrogen) atoms. The molecule has 0 bridgehead atoms. The van der Waals surface area contributed by atoms with Crippen molar-refractivity contribution in [2.45, 2.75) is 30.6 Å². The Morgan fingerprint density at radius 2 is 1.65 bits per heavy atom. The van der Waals surface area contributed by atoms with Crippen LogP contribution < -0.4 is 9.47 Å². The Labute approximate surface area is 153 Å². The first-order valence-electron chi connectivity index (χ1n) is 9.24. The van der Waals surface area contributed by atoms with Crippen molar-refractivity contribution in [3.8, 4) is 11.5 Å². The smallest absolute Gasteiger partial charge is 0.243 e. The summed E-state index contributed by atoms with van der Waals surface area (Å²) in [5.41, 5.74) is 0. The van der Waals surface area contributed by atoms with Crippen molar-refractivity contribution in [1.82, 2.24) is 9.21 Å². The van der Waals surface area contributed by atoms with E-state index < -0.39 is 10.0 Å². The van der Waals surface area contributed by atoms with Gasteiger partial charge in [0.15, 0.2) is 11.5 Å². The van der Waals surface area contributed by atoms with E-state index in [2.05, 4.69) is 0 Å². The molecule has 8 heteroatoms. The SMILES string of the molecule is O=C(C1CCC1)N1CCN(S(=O)(=O)c2ccc3c(c2)OCCCO3)CC1. The lowest BCUT2D eigenvalue weighted by atomic mass is 9.84. The summed E-state index contributed by atoms with van der Waals surface area (Å²) in [7, 11) is -3.61. The number of hydrogen-bond donors (Lipinski definition) is 0. The van der Waals surface area contributed by atoms with E-state index in [9.17, 15) is 13.2 Å². The molecule has 1 saturated heterocycles. The van der Waals surface area contributed by atoms with E-state index in [1.165, 1.54) is 4.31 Å². The van der Waals surface area contributed by atoms with E-state index in [-0.39, 0.29) is 16.7 Å². The van der Waals surface area contributed by atoms with E-state index in [1.54, 1.807) is 18.2 Å². The molecule has 1 aromatic carbocycles. The molecular weight excluding hydrogens is 356 g/mol. The number of carbonyl (C=O) groups is 1. The van der Waals surface area contributed by atoms with E-state index in [0.29, 0.717) is 50.9 Å². The number of hydrogen-bond acceptors (Lipinski definition) is 5. The summed E-state index contributed by atoms with van der Waals surface area (Å²) < 4.78 is 38.5. The lowest BCUT2D eigenvalue weighted by Gasteiger charge is -2.37. The molecule has 7 nitrogen and oxygen atoms in total. The molecule has 142 valence electrons. The van der Waals surface area contributed by atoms with Crippen LogP contribution in [0, 0.1) is 5.92 Å². The fourth-order valence-corrected chi connectivity index (χ4v) is 4.95. The molecule has 2 heterocycles. The number of piperazine rings is 1. The monoisotopic (exact) mass is 380 g/mol. The first-order chi connectivity index (χ1) is 12.6. The maximum Gasteiger partial charge on any atom is 0.243 e. The van der Waals surface area contributed by atoms with Crippen molar-refractivity contribution >= 4 is 15.9 Å². The van der Waals surface area contributed by atoms with E-state index in [0.717, 1.165) is 25.7 Å². The summed E-state index contributed by atoms with van der Waals surface area (Å²) >= 11 is 0. The van der Waals surface area contributed by atoms with Crippen LogP contribution in [0.4, 0.5) is 0 Å². The molecule has 1 aliphatic carbocycles. The minimum Gasteiger partial charge on any atom is -0.490 e. The van der Waals surface area contributed by atoms with Crippen LogP contribution in [-0.4, -0.2) is 62.9 Å². The highest BCUT2D eigenvalue weighted by Crippen LogP contribution is 2.33. The molecule has 1 saturated carbocycles. The molecule has 0 radical (unpaired) electrons. The lowest BCUT2D eigenvalue weighted by Crippen LogP contribution is -2.52. The normalized spacial score (nSPS) is 21.8. The van der Waals surface area contributed by atoms with Crippen LogP contribution in [0.2, 0.25) is 0 Å². The molecule has 2 aliphatic heterocycles. The van der Waals surface area contributed by atoms with Crippen LogP contribution in [0.15, 0.2) is 23.1 Å².